The number of anilines is 1. The van der Waals surface area contributed by atoms with Gasteiger partial charge < -0.3 is 21.3 Å². The number of hydrogen-bond acceptors (Lipinski definition) is 4. The number of rotatable bonds is 4. The zero-order valence-electron chi connectivity index (χ0n) is 10.7. The molecule has 0 saturated carbocycles. The van der Waals surface area contributed by atoms with Crippen LogP contribution in [0.3, 0.4) is 0 Å². The van der Waals surface area contributed by atoms with E-state index in [1.54, 1.807) is 24.5 Å². The maximum Gasteiger partial charge on any atom is 0.319 e. The summed E-state index contributed by atoms with van der Waals surface area (Å²) in [7, 11) is 0. The van der Waals surface area contributed by atoms with Crippen LogP contribution in [0.1, 0.15) is 6.42 Å². The van der Waals surface area contributed by atoms with E-state index in [0.717, 1.165) is 0 Å². The smallest absolute Gasteiger partial charge is 0.319 e. The maximum absolute atomic E-state index is 11.9. The van der Waals surface area contributed by atoms with Crippen LogP contribution in [0, 0.1) is 0 Å². The number of likely N-dealkylation sites (tertiary alicyclic amines) is 1. The number of hydrogen-bond donors (Lipinski definition) is 3. The molecule has 1 aliphatic rings. The topological polar surface area (TPSA) is 117 Å². The van der Waals surface area contributed by atoms with Gasteiger partial charge in [-0.1, -0.05) is 0 Å². The van der Waals surface area contributed by atoms with Crippen LogP contribution in [-0.4, -0.2) is 46.9 Å². The van der Waals surface area contributed by atoms with Gasteiger partial charge in [0.25, 0.3) is 0 Å². The number of pyridine rings is 1. The van der Waals surface area contributed by atoms with Crippen LogP contribution in [0.15, 0.2) is 24.5 Å². The second kappa shape index (κ2) is 6.00. The van der Waals surface area contributed by atoms with Crippen LogP contribution in [0.2, 0.25) is 0 Å². The van der Waals surface area contributed by atoms with Crippen LogP contribution < -0.4 is 16.4 Å². The Morgan fingerprint density at radius 1 is 1.40 bits per heavy atom. The molecule has 0 bridgehead atoms. The lowest BCUT2D eigenvalue weighted by atomic mass is 10.2. The van der Waals surface area contributed by atoms with Crippen molar-refractivity contribution in [2.45, 2.75) is 12.5 Å². The normalized spacial score (nSPS) is 17.9. The molecule has 106 valence electrons. The largest absolute Gasteiger partial charge is 0.368 e. The van der Waals surface area contributed by atoms with E-state index in [-0.39, 0.29) is 12.5 Å². The van der Waals surface area contributed by atoms with Crippen molar-refractivity contribution < 1.29 is 14.4 Å². The summed E-state index contributed by atoms with van der Waals surface area (Å²) in [5.41, 5.74) is 5.63. The van der Waals surface area contributed by atoms with E-state index >= 15 is 0 Å². The predicted molar refractivity (Wildman–Crippen MR) is 70.6 cm³/mol. The van der Waals surface area contributed by atoms with Gasteiger partial charge in [-0.25, -0.2) is 4.79 Å². The Balaban J connectivity index is 1.86. The molecule has 1 aliphatic heterocycles. The average molecular weight is 277 g/mol. The van der Waals surface area contributed by atoms with Gasteiger partial charge in [0.05, 0.1) is 6.54 Å². The van der Waals surface area contributed by atoms with E-state index in [1.165, 1.54) is 4.90 Å². The molecule has 1 fully saturated rings. The summed E-state index contributed by atoms with van der Waals surface area (Å²) in [6, 6.07) is 2.16. The molecule has 0 radical (unpaired) electrons. The Morgan fingerprint density at radius 3 is 2.75 bits per heavy atom. The van der Waals surface area contributed by atoms with Crippen molar-refractivity contribution in [2.24, 2.45) is 5.73 Å². The molecule has 2 rings (SSSR count). The highest BCUT2D eigenvalue weighted by Gasteiger charge is 2.33. The minimum atomic E-state index is -0.629. The van der Waals surface area contributed by atoms with Crippen molar-refractivity contribution in [1.29, 1.82) is 0 Å². The third-order valence-electron chi connectivity index (χ3n) is 2.89. The fourth-order valence-corrected chi connectivity index (χ4v) is 1.98. The predicted octanol–water partition coefficient (Wildman–Crippen LogP) is -0.711. The van der Waals surface area contributed by atoms with E-state index in [1.807, 2.05) is 0 Å². The summed E-state index contributed by atoms with van der Waals surface area (Å²) in [5, 5.41) is 5.16. The fraction of sp³-hybridized carbons (Fsp3) is 0.333. The quantitative estimate of drug-likeness (QED) is 0.673. The van der Waals surface area contributed by atoms with Crippen molar-refractivity contribution in [3.05, 3.63) is 24.5 Å². The summed E-state index contributed by atoms with van der Waals surface area (Å²) < 4.78 is 0. The number of amides is 4. The fourth-order valence-electron chi connectivity index (χ4n) is 1.98. The molecule has 1 saturated heterocycles. The number of nitrogens with zero attached hydrogens (tertiary/aromatic N) is 2. The zero-order valence-corrected chi connectivity index (χ0v) is 10.7. The molecular formula is C12H15N5O3. The molecule has 2 heterocycles. The van der Waals surface area contributed by atoms with Crippen molar-refractivity contribution in [3.8, 4) is 0 Å². The maximum atomic E-state index is 11.9. The monoisotopic (exact) mass is 277 g/mol. The van der Waals surface area contributed by atoms with Gasteiger partial charge in [0.1, 0.15) is 6.04 Å². The average Bonchev–Trinajstić information content (AvgIpc) is 2.72. The van der Waals surface area contributed by atoms with E-state index < -0.39 is 18.0 Å². The molecule has 0 aliphatic carbocycles. The Hall–Kier alpha value is -2.64. The van der Waals surface area contributed by atoms with Gasteiger partial charge in [-0.2, -0.15) is 0 Å². The van der Waals surface area contributed by atoms with Crippen LogP contribution in [0.5, 0.6) is 0 Å². The van der Waals surface area contributed by atoms with Gasteiger partial charge in [0.2, 0.25) is 11.8 Å². The molecule has 1 aromatic rings. The molecule has 8 nitrogen and oxygen atoms in total. The molecule has 1 unspecified atom stereocenters. The Kier molecular flexibility index (Phi) is 4.14. The SMILES string of the molecule is NC(=O)CN1CCC(NC(=O)Nc2ccncc2)C1=O. The third kappa shape index (κ3) is 3.44. The first-order valence-electron chi connectivity index (χ1n) is 6.11. The Morgan fingerprint density at radius 2 is 2.10 bits per heavy atom. The summed E-state index contributed by atoms with van der Waals surface area (Å²) in [5.74, 6) is -0.867. The van der Waals surface area contributed by atoms with Crippen LogP contribution >= 0.6 is 0 Å². The highest BCUT2D eigenvalue weighted by atomic mass is 16.2. The minimum Gasteiger partial charge on any atom is -0.368 e. The highest BCUT2D eigenvalue weighted by molar-refractivity contribution is 5.95. The van der Waals surface area contributed by atoms with Crippen molar-refractivity contribution in [2.75, 3.05) is 18.4 Å². The van der Waals surface area contributed by atoms with E-state index in [2.05, 4.69) is 15.6 Å². The summed E-state index contributed by atoms with van der Waals surface area (Å²) in [6.45, 7) is 0.283. The molecule has 1 aromatic heterocycles. The van der Waals surface area contributed by atoms with Gasteiger partial charge >= 0.3 is 6.03 Å². The Bertz CT molecular complexity index is 519. The number of nitrogens with one attached hydrogen (secondary N) is 2. The van der Waals surface area contributed by atoms with Gasteiger partial charge in [-0.15, -0.1) is 0 Å². The number of nitrogens with two attached hydrogens (primary N) is 1. The summed E-state index contributed by atoms with van der Waals surface area (Å²) in [4.78, 5) is 39.6. The lowest BCUT2D eigenvalue weighted by molar-refractivity contribution is -0.133. The summed E-state index contributed by atoms with van der Waals surface area (Å²) >= 11 is 0. The van der Waals surface area contributed by atoms with Gasteiger partial charge in [-0.3, -0.25) is 14.6 Å². The summed E-state index contributed by atoms with van der Waals surface area (Å²) in [6.07, 6.45) is 3.55. The van der Waals surface area contributed by atoms with Crippen molar-refractivity contribution >= 4 is 23.5 Å². The second-order valence-electron chi connectivity index (χ2n) is 4.40. The standard InChI is InChI=1S/C12H15N5O3/c13-10(18)7-17-6-3-9(11(17)19)16-12(20)15-8-1-4-14-5-2-8/h1-2,4-5,9H,3,6-7H2,(H2,13,18)(H2,14,15,16,20). The number of carbonyl (C=O) groups is 3. The van der Waals surface area contributed by atoms with Gasteiger partial charge in [-0.05, 0) is 18.6 Å². The van der Waals surface area contributed by atoms with Crippen molar-refractivity contribution in [1.82, 2.24) is 15.2 Å². The first kappa shape index (κ1) is 13.8. The molecular weight excluding hydrogens is 262 g/mol. The van der Waals surface area contributed by atoms with E-state index in [9.17, 15) is 14.4 Å². The number of carbonyl (C=O) groups excluding carboxylic acids is 3. The first-order valence-corrected chi connectivity index (χ1v) is 6.11. The van der Waals surface area contributed by atoms with Crippen LogP contribution in [-0.2, 0) is 9.59 Å². The molecule has 4 amide bonds. The van der Waals surface area contributed by atoms with Crippen molar-refractivity contribution in [3.63, 3.8) is 0 Å². The second-order valence-corrected chi connectivity index (χ2v) is 4.40. The molecule has 1 atom stereocenters. The molecule has 20 heavy (non-hydrogen) atoms. The van der Waals surface area contributed by atoms with Crippen LogP contribution in [0.25, 0.3) is 0 Å². The van der Waals surface area contributed by atoms with E-state index in [0.29, 0.717) is 18.7 Å². The highest BCUT2D eigenvalue weighted by Crippen LogP contribution is 2.11. The van der Waals surface area contributed by atoms with Gasteiger partial charge in [0, 0.05) is 24.6 Å². The molecule has 0 spiro atoms. The number of primary amides is 1. The Labute approximate surface area is 115 Å². The van der Waals surface area contributed by atoms with E-state index in [4.69, 9.17) is 5.73 Å². The lowest BCUT2D eigenvalue weighted by Gasteiger charge is -2.15. The lowest BCUT2D eigenvalue weighted by Crippen LogP contribution is -2.44. The molecule has 4 N–H and O–H groups in total. The third-order valence-corrected chi connectivity index (χ3v) is 2.89. The molecule has 8 heteroatoms. The minimum absolute atomic E-state index is 0.122. The molecule has 0 aromatic carbocycles. The number of aromatic nitrogens is 1. The van der Waals surface area contributed by atoms with Gasteiger partial charge in [0.15, 0.2) is 0 Å². The zero-order chi connectivity index (χ0) is 14.5. The number of urea groups is 1. The van der Waals surface area contributed by atoms with Crippen LogP contribution in [0.4, 0.5) is 10.5 Å². The first-order chi connectivity index (χ1) is 9.56.